The molecule has 5 aromatic rings. The Hall–Kier alpha value is -5.08. The lowest BCUT2D eigenvalue weighted by Gasteiger charge is -2.11. The molecule has 0 bridgehead atoms. The van der Waals surface area contributed by atoms with Gasteiger partial charge >= 0.3 is 11.9 Å². The van der Waals surface area contributed by atoms with Crippen molar-refractivity contribution in [3.8, 4) is 22.6 Å². The van der Waals surface area contributed by atoms with Crippen molar-refractivity contribution < 1.29 is 33.0 Å². The summed E-state index contributed by atoms with van der Waals surface area (Å²) in [4.78, 5) is 23.8. The summed E-state index contributed by atoms with van der Waals surface area (Å²) in [6.07, 6.45) is 0.301. The molecule has 0 saturated carbocycles. The van der Waals surface area contributed by atoms with Gasteiger partial charge in [0, 0.05) is 23.1 Å². The van der Waals surface area contributed by atoms with Crippen LogP contribution < -0.4 is 15.2 Å². The van der Waals surface area contributed by atoms with Gasteiger partial charge in [-0.05, 0) is 71.6 Å². The third-order valence-electron chi connectivity index (χ3n) is 7.06. The van der Waals surface area contributed by atoms with Gasteiger partial charge in [0.25, 0.3) is 0 Å². The first-order valence-corrected chi connectivity index (χ1v) is 14.4. The molecule has 0 aliphatic heterocycles. The molecule has 0 fully saturated rings. The Morgan fingerprint density at radius 2 is 1.59 bits per heavy atom. The number of para-hydroxylation sites is 1. The molecule has 0 aliphatic carbocycles. The number of nitrogens with two attached hydrogens (primary N) is 1. The van der Waals surface area contributed by atoms with Crippen LogP contribution in [0.25, 0.3) is 22.1 Å². The van der Waals surface area contributed by atoms with E-state index in [0.717, 1.165) is 44.3 Å². The molecule has 0 aliphatic rings. The highest BCUT2D eigenvalue weighted by atomic mass is 16.5. The summed E-state index contributed by atoms with van der Waals surface area (Å²) in [5.41, 5.74) is 12.1. The Bertz CT molecular complexity index is 1760. The van der Waals surface area contributed by atoms with E-state index < -0.39 is 0 Å². The molecule has 0 spiro atoms. The Balaban J connectivity index is 1.42. The number of ether oxygens (including phenoxy) is 4. The van der Waals surface area contributed by atoms with Gasteiger partial charge in [0.2, 0.25) is 0 Å². The molecule has 4 aromatic carbocycles. The predicted octanol–water partition coefficient (Wildman–Crippen LogP) is 6.54. The van der Waals surface area contributed by atoms with E-state index in [0.29, 0.717) is 37.0 Å². The van der Waals surface area contributed by atoms with Crippen molar-refractivity contribution in [2.75, 3.05) is 13.7 Å². The molecule has 44 heavy (non-hydrogen) atoms. The van der Waals surface area contributed by atoms with Crippen LogP contribution in [0, 0.1) is 0 Å². The fraction of sp³-hybridized carbons (Fsp3) is 0.222. The average Bonchev–Trinajstić information content (AvgIpc) is 3.46. The van der Waals surface area contributed by atoms with Gasteiger partial charge in [-0.2, -0.15) is 0 Å². The van der Waals surface area contributed by atoms with Crippen LogP contribution in [-0.2, 0) is 51.7 Å². The predicted molar refractivity (Wildman–Crippen MR) is 167 cm³/mol. The molecule has 1 heterocycles. The number of methoxy groups -OCH3 is 1. The van der Waals surface area contributed by atoms with Crippen LogP contribution in [0.15, 0.2) is 95.4 Å². The molecule has 8 heteroatoms. The number of carbonyl (C=O) groups is 2. The molecule has 2 N–H and O–H groups in total. The summed E-state index contributed by atoms with van der Waals surface area (Å²) >= 11 is 0. The highest BCUT2D eigenvalue weighted by Crippen LogP contribution is 2.34. The Labute approximate surface area is 256 Å². The number of carbonyl (C=O) groups excluding carboxylic acids is 2. The normalized spacial score (nSPS) is 10.9. The van der Waals surface area contributed by atoms with Gasteiger partial charge in [-0.3, -0.25) is 9.59 Å². The van der Waals surface area contributed by atoms with Crippen molar-refractivity contribution >= 4 is 22.9 Å². The van der Waals surface area contributed by atoms with Crippen LogP contribution in [0.1, 0.15) is 34.9 Å². The molecular weight excluding hydrogens is 558 g/mol. The molecule has 8 nitrogen and oxygen atoms in total. The van der Waals surface area contributed by atoms with Crippen LogP contribution in [0.4, 0.5) is 0 Å². The van der Waals surface area contributed by atoms with E-state index in [9.17, 15) is 9.59 Å². The summed E-state index contributed by atoms with van der Waals surface area (Å²) in [5.74, 6) is 1.28. The summed E-state index contributed by atoms with van der Waals surface area (Å²) in [5, 5.41) is 0.900. The van der Waals surface area contributed by atoms with Crippen LogP contribution in [0.3, 0.4) is 0 Å². The number of benzene rings is 4. The minimum Gasteiger partial charge on any atom is -0.489 e. The van der Waals surface area contributed by atoms with Crippen molar-refractivity contribution in [1.82, 2.24) is 0 Å². The van der Waals surface area contributed by atoms with E-state index in [-0.39, 0.29) is 31.4 Å². The maximum atomic E-state index is 12.1. The first kappa shape index (κ1) is 30.4. The monoisotopic (exact) mass is 593 g/mol. The zero-order chi connectivity index (χ0) is 30.9. The lowest BCUT2D eigenvalue weighted by molar-refractivity contribution is -0.142. The van der Waals surface area contributed by atoms with E-state index >= 15 is 0 Å². The lowest BCUT2D eigenvalue weighted by Crippen LogP contribution is -2.09. The number of hydrogen-bond acceptors (Lipinski definition) is 8. The third-order valence-corrected chi connectivity index (χ3v) is 7.06. The van der Waals surface area contributed by atoms with Gasteiger partial charge in [-0.15, -0.1) is 0 Å². The fourth-order valence-corrected chi connectivity index (χ4v) is 4.96. The van der Waals surface area contributed by atoms with Crippen molar-refractivity contribution in [2.24, 2.45) is 5.73 Å². The molecule has 5 rings (SSSR count). The highest BCUT2D eigenvalue weighted by molar-refractivity contribution is 5.93. The smallest absolute Gasteiger partial charge is 0.310 e. The quantitative estimate of drug-likeness (QED) is 0.153. The SMILES string of the molecule is CCOC(=O)Cc1ccccc1OCc1cc2cc(COc3cccc(CC(=O)OC)c3)cc(-c3cccc(CN)c3)c2o1. The number of rotatable bonds is 13. The number of furan rings is 1. The molecular formula is C36H35NO7. The Kier molecular flexibility index (Phi) is 9.94. The Morgan fingerprint density at radius 1 is 0.773 bits per heavy atom. The van der Waals surface area contributed by atoms with Crippen molar-refractivity contribution in [1.29, 1.82) is 0 Å². The molecule has 1 aromatic heterocycles. The van der Waals surface area contributed by atoms with Crippen molar-refractivity contribution in [2.45, 2.75) is 39.5 Å². The molecule has 0 unspecified atom stereocenters. The van der Waals surface area contributed by atoms with Gasteiger partial charge < -0.3 is 29.1 Å². The first-order valence-electron chi connectivity index (χ1n) is 14.4. The second-order valence-corrected chi connectivity index (χ2v) is 10.2. The zero-order valence-corrected chi connectivity index (χ0v) is 24.8. The second-order valence-electron chi connectivity index (χ2n) is 10.2. The van der Waals surface area contributed by atoms with E-state index in [1.54, 1.807) is 6.92 Å². The van der Waals surface area contributed by atoms with E-state index in [2.05, 4.69) is 12.1 Å². The highest BCUT2D eigenvalue weighted by Gasteiger charge is 2.16. The standard InChI is InChI=1S/C36H35NO7/c1-3-41-35(39)20-28-10-4-5-13-33(28)43-23-31-19-29-15-26(22-42-30-12-7-8-24(16-30)18-34(38)40-2)17-32(36(29)44-31)27-11-6-9-25(14-27)21-37/h4-17,19H,3,18,20-23,37H2,1-2H3. The topological polar surface area (TPSA) is 110 Å². The minimum absolute atomic E-state index is 0.126. The number of fused-ring (bicyclic) bond motifs is 1. The lowest BCUT2D eigenvalue weighted by atomic mass is 9.99. The van der Waals surface area contributed by atoms with Gasteiger partial charge in [-0.25, -0.2) is 0 Å². The summed E-state index contributed by atoms with van der Waals surface area (Å²) < 4.78 is 28.5. The summed E-state index contributed by atoms with van der Waals surface area (Å²) in [7, 11) is 1.37. The van der Waals surface area contributed by atoms with Gasteiger partial charge in [0.1, 0.15) is 36.1 Å². The van der Waals surface area contributed by atoms with Crippen LogP contribution >= 0.6 is 0 Å². The molecule has 0 saturated heterocycles. The van der Waals surface area contributed by atoms with Crippen LogP contribution in [0.2, 0.25) is 0 Å². The summed E-state index contributed by atoms with van der Waals surface area (Å²) in [6, 6.07) is 28.9. The van der Waals surface area contributed by atoms with Crippen molar-refractivity contribution in [3.63, 3.8) is 0 Å². The number of esters is 2. The molecule has 226 valence electrons. The number of hydrogen-bond donors (Lipinski definition) is 1. The summed E-state index contributed by atoms with van der Waals surface area (Å²) in [6.45, 7) is 3.01. The first-order chi connectivity index (χ1) is 21.4. The largest absolute Gasteiger partial charge is 0.489 e. The minimum atomic E-state index is -0.306. The maximum absolute atomic E-state index is 12.1. The van der Waals surface area contributed by atoms with Gasteiger partial charge in [-0.1, -0.05) is 48.5 Å². The van der Waals surface area contributed by atoms with E-state index in [1.807, 2.05) is 78.9 Å². The van der Waals surface area contributed by atoms with Crippen molar-refractivity contribution in [3.05, 3.63) is 119 Å². The third kappa shape index (κ3) is 7.65. The van der Waals surface area contributed by atoms with Gasteiger partial charge in [0.15, 0.2) is 0 Å². The zero-order valence-electron chi connectivity index (χ0n) is 24.8. The molecule has 0 atom stereocenters. The van der Waals surface area contributed by atoms with Crippen LogP contribution in [-0.4, -0.2) is 25.7 Å². The molecule has 0 radical (unpaired) electrons. The molecule has 0 amide bonds. The van der Waals surface area contributed by atoms with Crippen LogP contribution in [0.5, 0.6) is 11.5 Å². The second kappa shape index (κ2) is 14.4. The average molecular weight is 594 g/mol. The van der Waals surface area contributed by atoms with E-state index in [4.69, 9.17) is 29.1 Å². The Morgan fingerprint density at radius 3 is 2.41 bits per heavy atom. The van der Waals surface area contributed by atoms with E-state index in [1.165, 1.54) is 7.11 Å². The maximum Gasteiger partial charge on any atom is 0.310 e. The van der Waals surface area contributed by atoms with Gasteiger partial charge in [0.05, 0.1) is 26.6 Å². The fourth-order valence-electron chi connectivity index (χ4n) is 4.96.